The Bertz CT molecular complexity index is 4140. The van der Waals surface area contributed by atoms with Crippen molar-refractivity contribution < 1.29 is 25.8 Å². The van der Waals surface area contributed by atoms with Crippen molar-refractivity contribution in [1.82, 2.24) is 14.1 Å². The predicted molar refractivity (Wildman–Crippen MR) is 294 cm³/mol. The molecule has 0 saturated heterocycles. The van der Waals surface area contributed by atoms with Gasteiger partial charge in [0.05, 0.1) is 22.2 Å². The van der Waals surface area contributed by atoms with Crippen LogP contribution in [0.3, 0.4) is 0 Å². The Hall–Kier alpha value is -8.77. The Kier molecular flexibility index (Phi) is 9.99. The van der Waals surface area contributed by atoms with E-state index in [1.54, 1.807) is 0 Å². The number of para-hydroxylation sites is 5. The second kappa shape index (κ2) is 16.9. The summed E-state index contributed by atoms with van der Waals surface area (Å²) in [7, 11) is 2.05. The van der Waals surface area contributed by atoms with Gasteiger partial charge < -0.3 is 33.7 Å². The van der Waals surface area contributed by atoms with Crippen LogP contribution in [0.25, 0.3) is 93.8 Å². The van der Waals surface area contributed by atoms with E-state index in [0.717, 1.165) is 72.5 Å². The smallest absolute Gasteiger partial charge is 0.509 e. The SMILES string of the molecule is CN1C=CN(n2c3[c-]c(Oc4[c-]c(N5[CH-]N(c6c(-c7ccccc7)cccc6-c6ccccc6)c6ccccc65)ccc4)ccc3c3c4c(ccc32)-n2c3ccccc3c3cccc(c32)-c2ccccc2-4)[CH-]1.[Pt+4]. The Balaban J connectivity index is 0.00000493. The van der Waals surface area contributed by atoms with Crippen molar-refractivity contribution in [2.24, 2.45) is 0 Å². The molecule has 0 N–H and O–H groups in total. The van der Waals surface area contributed by atoms with Crippen molar-refractivity contribution in [3.05, 3.63) is 250 Å². The molecule has 15 rings (SSSR count). The summed E-state index contributed by atoms with van der Waals surface area (Å²) in [5, 5.41) is 6.85. The van der Waals surface area contributed by atoms with E-state index in [-0.39, 0.29) is 21.1 Å². The van der Waals surface area contributed by atoms with Gasteiger partial charge in [0.2, 0.25) is 0 Å². The van der Waals surface area contributed by atoms with Gasteiger partial charge in [0.1, 0.15) is 0 Å². The minimum absolute atomic E-state index is 0. The van der Waals surface area contributed by atoms with E-state index in [0.29, 0.717) is 11.5 Å². The molecule has 0 bridgehead atoms. The Morgan fingerprint density at radius 3 is 1.84 bits per heavy atom. The first-order chi connectivity index (χ1) is 35.6. The number of aromatic nitrogens is 2. The van der Waals surface area contributed by atoms with Crippen molar-refractivity contribution in [2.45, 2.75) is 0 Å². The van der Waals surface area contributed by atoms with Gasteiger partial charge in [0.25, 0.3) is 0 Å². The minimum atomic E-state index is 0. The van der Waals surface area contributed by atoms with Crippen LogP contribution in [-0.4, -0.2) is 21.2 Å². The molecule has 5 heterocycles. The number of ether oxygens (including phenoxy) is 1. The summed E-state index contributed by atoms with van der Waals surface area (Å²) in [6, 6.07) is 83.2. The summed E-state index contributed by atoms with van der Waals surface area (Å²) in [4.78, 5) is 6.59. The first-order valence-corrected chi connectivity index (χ1v) is 24.3. The van der Waals surface area contributed by atoms with Gasteiger partial charge in [0, 0.05) is 67.8 Å². The zero-order valence-corrected chi connectivity index (χ0v) is 41.7. The van der Waals surface area contributed by atoms with E-state index in [1.807, 2.05) is 25.2 Å². The molecule has 348 valence electrons. The molecule has 8 heteroatoms. The van der Waals surface area contributed by atoms with Crippen LogP contribution in [0.2, 0.25) is 0 Å². The quantitative estimate of drug-likeness (QED) is 0.149. The molecule has 7 nitrogen and oxygen atoms in total. The fourth-order valence-corrected chi connectivity index (χ4v) is 11.5. The molecule has 0 aliphatic carbocycles. The Labute approximate surface area is 437 Å². The molecule has 12 aromatic rings. The summed E-state index contributed by atoms with van der Waals surface area (Å²) in [5.74, 6) is 1.17. The molecule has 0 amide bonds. The Morgan fingerprint density at radius 1 is 0.438 bits per heavy atom. The van der Waals surface area contributed by atoms with Gasteiger partial charge >= 0.3 is 21.1 Å². The number of fused-ring (bicyclic) bond motifs is 13. The van der Waals surface area contributed by atoms with Crippen LogP contribution < -0.4 is 19.5 Å². The normalized spacial score (nSPS) is 13.4. The molecule has 0 fully saturated rings. The summed E-state index contributed by atoms with van der Waals surface area (Å²) < 4.78 is 11.6. The molecule has 0 unspecified atom stereocenters. The van der Waals surface area contributed by atoms with Gasteiger partial charge in [-0.15, -0.1) is 49.4 Å². The van der Waals surface area contributed by atoms with Crippen molar-refractivity contribution in [3.63, 3.8) is 0 Å². The van der Waals surface area contributed by atoms with Crippen molar-refractivity contribution in [2.75, 3.05) is 21.9 Å². The fourth-order valence-electron chi connectivity index (χ4n) is 11.5. The summed E-state index contributed by atoms with van der Waals surface area (Å²) in [6.45, 7) is 4.27. The number of hydrogen-bond donors (Lipinski definition) is 0. The fraction of sp³-hybridized carbons (Fsp3) is 0.0154. The van der Waals surface area contributed by atoms with Crippen LogP contribution in [-0.2, 0) is 21.1 Å². The van der Waals surface area contributed by atoms with Gasteiger partial charge in [0.15, 0.2) is 0 Å². The number of hydrogen-bond acceptors (Lipinski definition) is 5. The van der Waals surface area contributed by atoms with Crippen LogP contribution in [0.5, 0.6) is 11.5 Å². The van der Waals surface area contributed by atoms with Gasteiger partial charge in [-0.2, -0.15) is 12.1 Å². The first-order valence-electron chi connectivity index (χ1n) is 24.3. The van der Waals surface area contributed by atoms with Gasteiger partial charge in [-0.1, -0.05) is 157 Å². The van der Waals surface area contributed by atoms with Crippen LogP contribution >= 0.6 is 0 Å². The van der Waals surface area contributed by atoms with Crippen LogP contribution in [0, 0.1) is 25.5 Å². The summed E-state index contributed by atoms with van der Waals surface area (Å²) in [6.07, 6.45) is 4.15. The average molecular weight is 1120 g/mol. The second-order valence-electron chi connectivity index (χ2n) is 18.6. The minimum Gasteiger partial charge on any atom is -0.509 e. The molecule has 0 spiro atoms. The van der Waals surface area contributed by atoms with Crippen LogP contribution in [0.4, 0.5) is 22.7 Å². The van der Waals surface area contributed by atoms with Crippen molar-refractivity contribution in [3.8, 4) is 61.7 Å². The van der Waals surface area contributed by atoms with Gasteiger partial charge in [-0.05, 0) is 76.7 Å². The van der Waals surface area contributed by atoms with E-state index >= 15 is 0 Å². The third-order valence-electron chi connectivity index (χ3n) is 14.5. The maximum atomic E-state index is 6.84. The van der Waals surface area contributed by atoms with E-state index < -0.39 is 0 Å². The van der Waals surface area contributed by atoms with Crippen molar-refractivity contribution in [1.29, 1.82) is 0 Å². The van der Waals surface area contributed by atoms with E-state index in [1.165, 1.54) is 44.1 Å². The molecule has 10 aromatic carbocycles. The number of benzene rings is 10. The average Bonchev–Trinajstić information content (AvgIpc) is 4.20. The molecular weight excluding hydrogens is 1080 g/mol. The zero-order chi connectivity index (χ0) is 47.4. The Morgan fingerprint density at radius 2 is 1.07 bits per heavy atom. The number of anilines is 4. The zero-order valence-electron chi connectivity index (χ0n) is 39.4. The standard InChI is InChI=1S/C65H42N6O.Pt/c1-66-37-38-67(41-66)71-60-36-35-59-62(52-25-9-8-23-50(52)53-28-16-29-54-51-24-10-11-30-56(51)70(59)65(53)54)63(60)55-34-33-47(40-61(55)71)72-46-22-14-21-45(39-46)68-42-69(58-32-13-12-31-57(58)68)64-48(43-17-4-2-5-18-43)26-15-27-49(64)44-19-6-3-7-20-44;/h2-38,41-42H,1H3;/q-4;+4. The molecular formula is C65H42N6OPt. The van der Waals surface area contributed by atoms with E-state index in [9.17, 15) is 0 Å². The van der Waals surface area contributed by atoms with E-state index in [2.05, 4.69) is 261 Å². The largest absolute Gasteiger partial charge is 4.00 e. The maximum absolute atomic E-state index is 6.84. The number of rotatable bonds is 7. The van der Waals surface area contributed by atoms with Crippen LogP contribution in [0.1, 0.15) is 0 Å². The van der Waals surface area contributed by atoms with Gasteiger partial charge in [-0.25, -0.2) is 0 Å². The third-order valence-corrected chi connectivity index (χ3v) is 14.5. The molecule has 0 atom stereocenters. The topological polar surface area (TPSA) is 32.1 Å². The van der Waals surface area contributed by atoms with E-state index in [4.69, 9.17) is 4.74 Å². The van der Waals surface area contributed by atoms with Crippen LogP contribution in [0.15, 0.2) is 225 Å². The summed E-state index contributed by atoms with van der Waals surface area (Å²) in [5.41, 5.74) is 19.0. The predicted octanol–water partition coefficient (Wildman–Crippen LogP) is 16.1. The summed E-state index contributed by atoms with van der Waals surface area (Å²) >= 11 is 0. The second-order valence-corrected chi connectivity index (χ2v) is 18.6. The first kappa shape index (κ1) is 43.1. The van der Waals surface area contributed by atoms with Crippen molar-refractivity contribution >= 4 is 66.4 Å². The molecule has 73 heavy (non-hydrogen) atoms. The maximum Gasteiger partial charge on any atom is 4.00 e. The third kappa shape index (κ3) is 6.62. The molecule has 2 aromatic heterocycles. The number of nitrogens with zero attached hydrogens (tertiary/aromatic N) is 6. The van der Waals surface area contributed by atoms with Gasteiger partial charge in [-0.3, -0.25) is 0 Å². The molecule has 3 aliphatic heterocycles. The molecule has 0 saturated carbocycles. The molecule has 3 aliphatic rings. The monoisotopic (exact) mass is 1120 g/mol. The molecule has 0 radical (unpaired) electrons.